The van der Waals surface area contributed by atoms with Gasteiger partial charge in [-0.25, -0.2) is 0 Å². The summed E-state index contributed by atoms with van der Waals surface area (Å²) in [6, 6.07) is 2.50. The molecule has 4 nitrogen and oxygen atoms in total. The molecule has 3 rings (SSSR count). The van der Waals surface area contributed by atoms with Crippen molar-refractivity contribution in [1.82, 2.24) is 0 Å². The minimum Gasteiger partial charge on any atom is -0.449 e. The summed E-state index contributed by atoms with van der Waals surface area (Å²) >= 11 is 0. The number of anilines is 1. The van der Waals surface area contributed by atoms with Crippen LogP contribution in [-0.2, 0) is 9.31 Å². The van der Waals surface area contributed by atoms with Gasteiger partial charge in [-0.1, -0.05) is 0 Å². The third-order valence-electron chi connectivity index (χ3n) is 3.78. The van der Waals surface area contributed by atoms with Gasteiger partial charge in [-0.15, -0.1) is 0 Å². The number of piperidine rings is 1. The SMILES string of the molecule is [2H]C1([2H])N(c2ccc(B3OC(C)(C)C(C)(C)O3)o2)C([2H])([2H])C([2H])([2H])C([2H])([2H])C1([2H])[2H]. The summed E-state index contributed by atoms with van der Waals surface area (Å²) < 4.78 is 97.8. The molecule has 0 atom stereocenters. The number of furan rings is 1. The van der Waals surface area contributed by atoms with Crippen molar-refractivity contribution in [1.29, 1.82) is 0 Å². The Kier molecular flexibility index (Phi) is 1.55. The van der Waals surface area contributed by atoms with Crippen molar-refractivity contribution >= 4 is 18.7 Å². The average molecular weight is 287 g/mol. The highest BCUT2D eigenvalue weighted by Gasteiger charge is 2.53. The highest BCUT2D eigenvalue weighted by Crippen LogP contribution is 2.36. The van der Waals surface area contributed by atoms with Gasteiger partial charge in [0.05, 0.1) is 11.2 Å². The quantitative estimate of drug-likeness (QED) is 0.783. The zero-order valence-corrected chi connectivity index (χ0v) is 11.9. The van der Waals surface area contributed by atoms with Gasteiger partial charge in [-0.2, -0.15) is 0 Å². The summed E-state index contributed by atoms with van der Waals surface area (Å²) in [5.41, 5.74) is -1.35. The highest BCUT2D eigenvalue weighted by molar-refractivity contribution is 6.60. The van der Waals surface area contributed by atoms with Crippen molar-refractivity contribution < 1.29 is 27.4 Å². The smallest absolute Gasteiger partial charge is 0.449 e. The summed E-state index contributed by atoms with van der Waals surface area (Å²) in [6.07, 6.45) is -10.3. The fourth-order valence-electron chi connectivity index (χ4n) is 1.89. The Labute approximate surface area is 135 Å². The lowest BCUT2D eigenvalue weighted by molar-refractivity contribution is 0.00578. The maximum atomic E-state index is 8.20. The Balaban J connectivity index is 2.08. The Bertz CT molecular complexity index is 807. The molecular formula is C15H24BNO3. The van der Waals surface area contributed by atoms with Gasteiger partial charge >= 0.3 is 7.12 Å². The second-order valence-electron chi connectivity index (χ2n) is 5.70. The van der Waals surface area contributed by atoms with Crippen LogP contribution in [0.1, 0.15) is 60.5 Å². The van der Waals surface area contributed by atoms with Crippen LogP contribution in [0, 0.1) is 0 Å². The van der Waals surface area contributed by atoms with E-state index in [-0.39, 0.29) is 10.6 Å². The largest absolute Gasteiger partial charge is 0.532 e. The van der Waals surface area contributed by atoms with Crippen LogP contribution in [0.2, 0.25) is 0 Å². The summed E-state index contributed by atoms with van der Waals surface area (Å²) in [5.74, 6) is -0.516. The number of nitrogens with zero attached hydrogens (tertiary/aromatic N) is 1. The Morgan fingerprint density at radius 2 is 1.65 bits per heavy atom. The average Bonchev–Trinajstić information content (AvgIpc) is 3.08. The molecule has 0 saturated carbocycles. The third kappa shape index (κ3) is 2.37. The first-order chi connectivity index (χ1) is 13.2. The van der Waals surface area contributed by atoms with E-state index in [1.165, 1.54) is 6.07 Å². The molecule has 0 bridgehead atoms. The number of rotatable bonds is 2. The third-order valence-corrected chi connectivity index (χ3v) is 3.78. The maximum absolute atomic E-state index is 8.20. The molecule has 5 heteroatoms. The minimum atomic E-state index is -3.48. The summed E-state index contributed by atoms with van der Waals surface area (Å²) in [7, 11) is -0.995. The second kappa shape index (κ2) is 4.81. The van der Waals surface area contributed by atoms with Crippen LogP contribution in [0.15, 0.2) is 16.5 Å². The maximum Gasteiger partial charge on any atom is 0.532 e. The lowest BCUT2D eigenvalue weighted by Gasteiger charge is -2.32. The normalized spacial score (nSPS) is 45.2. The number of hydrogen-bond donors (Lipinski definition) is 0. The van der Waals surface area contributed by atoms with Gasteiger partial charge in [0, 0.05) is 32.8 Å². The Morgan fingerprint density at radius 1 is 1.05 bits per heavy atom. The molecule has 1 aromatic rings. The molecule has 1 aromatic heterocycles. The molecule has 0 aromatic carbocycles. The molecule has 0 radical (unpaired) electrons. The summed E-state index contributed by atoms with van der Waals surface area (Å²) in [4.78, 5) is 0.177. The van der Waals surface area contributed by atoms with Crippen molar-refractivity contribution in [2.45, 2.75) is 58.0 Å². The molecular weight excluding hydrogens is 253 g/mol. The molecule has 2 fully saturated rings. The van der Waals surface area contributed by atoms with Crippen LogP contribution in [0.25, 0.3) is 0 Å². The van der Waals surface area contributed by atoms with Crippen LogP contribution < -0.4 is 10.6 Å². The van der Waals surface area contributed by atoms with Gasteiger partial charge in [0.1, 0.15) is 5.66 Å². The minimum absolute atomic E-state index is 0.0601. The van der Waals surface area contributed by atoms with E-state index in [4.69, 9.17) is 27.4 Å². The van der Waals surface area contributed by atoms with Crippen LogP contribution in [0.4, 0.5) is 5.88 Å². The molecule has 0 aliphatic carbocycles. The summed E-state index contributed by atoms with van der Waals surface area (Å²) in [6.45, 7) is 0.648. The molecule has 3 heterocycles. The molecule has 110 valence electrons. The van der Waals surface area contributed by atoms with Gasteiger partial charge < -0.3 is 18.6 Å². The molecule has 2 saturated heterocycles. The fraction of sp³-hybridized carbons (Fsp3) is 0.733. The van der Waals surface area contributed by atoms with Crippen molar-refractivity contribution in [3.63, 3.8) is 0 Å². The van der Waals surface area contributed by atoms with E-state index in [0.29, 0.717) is 0 Å². The fourth-order valence-corrected chi connectivity index (χ4v) is 1.89. The van der Waals surface area contributed by atoms with Crippen molar-refractivity contribution in [2.75, 3.05) is 17.9 Å². The van der Waals surface area contributed by atoms with Crippen LogP contribution in [0.5, 0.6) is 0 Å². The van der Waals surface area contributed by atoms with Gasteiger partial charge in [-0.3, -0.25) is 0 Å². The number of hydrogen-bond acceptors (Lipinski definition) is 4. The first kappa shape index (κ1) is 6.45. The van der Waals surface area contributed by atoms with Gasteiger partial charge in [0.2, 0.25) is 0 Å². The lowest BCUT2D eigenvalue weighted by Crippen LogP contribution is -2.41. The topological polar surface area (TPSA) is 34.8 Å². The molecule has 0 N–H and O–H groups in total. The van der Waals surface area contributed by atoms with Gasteiger partial charge in [0.15, 0.2) is 5.88 Å². The molecule has 20 heavy (non-hydrogen) atoms. The van der Waals surface area contributed by atoms with E-state index in [1.807, 2.05) is 27.7 Å². The van der Waals surface area contributed by atoms with Crippen molar-refractivity contribution in [3.8, 4) is 0 Å². The van der Waals surface area contributed by atoms with E-state index in [1.54, 1.807) is 0 Å². The lowest BCUT2D eigenvalue weighted by atomic mass is 9.86. The Hall–Kier alpha value is -0.935. The van der Waals surface area contributed by atoms with Crippen LogP contribution in [-0.4, -0.2) is 31.3 Å². The first-order valence-electron chi connectivity index (χ1n) is 11.4. The molecule has 2 aliphatic rings. The molecule has 0 amide bonds. The predicted octanol–water partition coefficient (Wildman–Crippen LogP) is 2.57. The molecule has 2 aliphatic heterocycles. The van der Waals surface area contributed by atoms with E-state index in [9.17, 15) is 0 Å². The predicted molar refractivity (Wildman–Crippen MR) is 80.5 cm³/mol. The zero-order chi connectivity index (χ0) is 23.3. The van der Waals surface area contributed by atoms with Crippen molar-refractivity contribution in [3.05, 3.63) is 12.1 Å². The standard InChI is InChI=1S/C15H24BNO3/c1-14(2)15(3,4)20-16(19-14)12-8-9-13(18-12)17-10-6-5-7-11-17/h8-9H,5-7,10-11H2,1-4H3/i5D2,6D2,7D2,10D2,11D2. The van der Waals surface area contributed by atoms with E-state index < -0.39 is 56.3 Å². The van der Waals surface area contributed by atoms with Gasteiger partial charge in [-0.05, 0) is 52.9 Å². The molecule has 0 unspecified atom stereocenters. The first-order valence-corrected chi connectivity index (χ1v) is 6.41. The van der Waals surface area contributed by atoms with Crippen molar-refractivity contribution in [2.24, 2.45) is 0 Å². The molecule has 0 spiro atoms. The monoisotopic (exact) mass is 287 g/mol. The zero-order valence-electron chi connectivity index (χ0n) is 21.9. The van der Waals surface area contributed by atoms with Crippen LogP contribution >= 0.6 is 0 Å². The highest BCUT2D eigenvalue weighted by atomic mass is 16.7. The van der Waals surface area contributed by atoms with E-state index in [0.717, 1.165) is 6.07 Å². The van der Waals surface area contributed by atoms with Gasteiger partial charge in [0.25, 0.3) is 0 Å². The Morgan fingerprint density at radius 3 is 2.25 bits per heavy atom. The summed E-state index contributed by atoms with van der Waals surface area (Å²) in [5, 5.41) is 0. The second-order valence-corrected chi connectivity index (χ2v) is 5.70. The van der Waals surface area contributed by atoms with E-state index >= 15 is 0 Å². The van der Waals surface area contributed by atoms with Crippen LogP contribution in [0.3, 0.4) is 0 Å². The van der Waals surface area contributed by atoms with E-state index in [2.05, 4.69) is 0 Å².